The second kappa shape index (κ2) is 5.58. The Morgan fingerprint density at radius 3 is 3.06 bits per heavy atom. The molecule has 0 bridgehead atoms. The summed E-state index contributed by atoms with van der Waals surface area (Å²) in [6.45, 7) is 0. The summed E-state index contributed by atoms with van der Waals surface area (Å²) in [7, 11) is 0. The predicted molar refractivity (Wildman–Crippen MR) is 67.5 cm³/mol. The van der Waals surface area contributed by atoms with Crippen LogP contribution in [0.1, 0.15) is 12.0 Å². The van der Waals surface area contributed by atoms with Crippen molar-refractivity contribution in [3.8, 4) is 0 Å². The van der Waals surface area contributed by atoms with E-state index in [4.69, 9.17) is 0 Å². The van der Waals surface area contributed by atoms with E-state index in [1.54, 1.807) is 0 Å². The number of carbonyl (C=O) groups excluding carboxylic acids is 1. The molecule has 2 rings (SSSR count). The lowest BCUT2D eigenvalue weighted by atomic mass is 10.1. The SMILES string of the molecule is O=C(CCc1cccc(Br)c1)Nc1ncn[nH]1. The van der Waals surface area contributed by atoms with Gasteiger partial charge in [-0.3, -0.25) is 10.1 Å². The van der Waals surface area contributed by atoms with Crippen LogP contribution in [0.15, 0.2) is 35.1 Å². The van der Waals surface area contributed by atoms with E-state index in [9.17, 15) is 4.79 Å². The standard InChI is InChI=1S/C11H11BrN4O/c12-9-3-1-2-8(6-9)4-5-10(17)15-11-13-7-14-16-11/h1-3,6-7H,4-5H2,(H2,13,14,15,16,17). The lowest BCUT2D eigenvalue weighted by molar-refractivity contribution is -0.116. The number of aromatic amines is 1. The van der Waals surface area contributed by atoms with Crippen molar-refractivity contribution in [1.29, 1.82) is 0 Å². The van der Waals surface area contributed by atoms with Crippen molar-refractivity contribution in [2.45, 2.75) is 12.8 Å². The number of aryl methyl sites for hydroxylation is 1. The van der Waals surface area contributed by atoms with E-state index < -0.39 is 0 Å². The first-order valence-corrected chi connectivity index (χ1v) is 5.93. The third-order valence-corrected chi connectivity index (χ3v) is 2.70. The van der Waals surface area contributed by atoms with Crippen LogP contribution in [0, 0.1) is 0 Å². The second-order valence-electron chi connectivity index (χ2n) is 3.51. The van der Waals surface area contributed by atoms with Gasteiger partial charge in [-0.2, -0.15) is 10.1 Å². The molecule has 0 aliphatic rings. The molecule has 0 saturated heterocycles. The molecule has 88 valence electrons. The number of carbonyl (C=O) groups is 1. The highest BCUT2D eigenvalue weighted by atomic mass is 79.9. The van der Waals surface area contributed by atoms with E-state index in [-0.39, 0.29) is 5.91 Å². The van der Waals surface area contributed by atoms with Crippen LogP contribution in [0.25, 0.3) is 0 Å². The zero-order valence-electron chi connectivity index (χ0n) is 8.98. The highest BCUT2D eigenvalue weighted by Crippen LogP contribution is 2.13. The number of nitrogens with one attached hydrogen (secondary N) is 2. The molecule has 1 amide bonds. The summed E-state index contributed by atoms with van der Waals surface area (Å²) in [6.07, 6.45) is 2.46. The number of hydrogen-bond donors (Lipinski definition) is 2. The van der Waals surface area contributed by atoms with Crippen LogP contribution >= 0.6 is 15.9 Å². The van der Waals surface area contributed by atoms with Crippen LogP contribution in [0.5, 0.6) is 0 Å². The first-order chi connectivity index (χ1) is 8.24. The number of H-pyrrole nitrogens is 1. The van der Waals surface area contributed by atoms with Gasteiger partial charge in [0, 0.05) is 10.9 Å². The van der Waals surface area contributed by atoms with E-state index >= 15 is 0 Å². The van der Waals surface area contributed by atoms with E-state index in [1.165, 1.54) is 6.33 Å². The largest absolute Gasteiger partial charge is 0.295 e. The van der Waals surface area contributed by atoms with Crippen molar-refractivity contribution >= 4 is 27.8 Å². The van der Waals surface area contributed by atoms with E-state index in [1.807, 2.05) is 24.3 Å². The van der Waals surface area contributed by atoms with Crippen LogP contribution in [0.3, 0.4) is 0 Å². The molecular formula is C11H11BrN4O. The van der Waals surface area contributed by atoms with Gasteiger partial charge in [-0.15, -0.1) is 0 Å². The third kappa shape index (κ3) is 3.67. The fourth-order valence-electron chi connectivity index (χ4n) is 1.41. The van der Waals surface area contributed by atoms with Crippen molar-refractivity contribution in [3.63, 3.8) is 0 Å². The van der Waals surface area contributed by atoms with Crippen molar-refractivity contribution in [2.75, 3.05) is 5.32 Å². The molecule has 0 unspecified atom stereocenters. The average molecular weight is 295 g/mol. The Bertz CT molecular complexity index is 498. The molecule has 0 spiro atoms. The molecule has 0 saturated carbocycles. The number of aromatic nitrogens is 3. The Balaban J connectivity index is 1.84. The molecule has 0 atom stereocenters. The summed E-state index contributed by atoms with van der Waals surface area (Å²) in [5.74, 6) is 0.297. The molecule has 1 aromatic carbocycles. The zero-order chi connectivity index (χ0) is 12.1. The second-order valence-corrected chi connectivity index (χ2v) is 4.43. The van der Waals surface area contributed by atoms with E-state index in [0.717, 1.165) is 10.0 Å². The van der Waals surface area contributed by atoms with Gasteiger partial charge in [0.25, 0.3) is 0 Å². The fourth-order valence-corrected chi connectivity index (χ4v) is 1.86. The van der Waals surface area contributed by atoms with Crippen LogP contribution < -0.4 is 5.32 Å². The summed E-state index contributed by atoms with van der Waals surface area (Å²) in [6, 6.07) is 7.90. The maximum Gasteiger partial charge on any atom is 0.227 e. The Hall–Kier alpha value is -1.69. The smallest absolute Gasteiger partial charge is 0.227 e. The highest BCUT2D eigenvalue weighted by Gasteiger charge is 2.04. The molecular weight excluding hydrogens is 284 g/mol. The summed E-state index contributed by atoms with van der Waals surface area (Å²) in [4.78, 5) is 15.4. The van der Waals surface area contributed by atoms with Gasteiger partial charge >= 0.3 is 0 Å². The summed E-state index contributed by atoms with van der Waals surface area (Å²) in [5.41, 5.74) is 1.12. The number of halogens is 1. The number of hydrogen-bond acceptors (Lipinski definition) is 3. The molecule has 2 aromatic rings. The van der Waals surface area contributed by atoms with E-state index in [0.29, 0.717) is 18.8 Å². The third-order valence-electron chi connectivity index (χ3n) is 2.20. The van der Waals surface area contributed by atoms with Crippen LogP contribution in [0.4, 0.5) is 5.95 Å². The number of anilines is 1. The van der Waals surface area contributed by atoms with Crippen molar-refractivity contribution in [1.82, 2.24) is 15.2 Å². The normalized spacial score (nSPS) is 10.2. The van der Waals surface area contributed by atoms with Gasteiger partial charge in [0.1, 0.15) is 6.33 Å². The van der Waals surface area contributed by atoms with Crippen LogP contribution in [-0.4, -0.2) is 21.1 Å². The summed E-state index contributed by atoms with van der Waals surface area (Å²) >= 11 is 3.39. The average Bonchev–Trinajstić information content (AvgIpc) is 2.79. The Morgan fingerprint density at radius 2 is 2.35 bits per heavy atom. The van der Waals surface area contributed by atoms with Crippen molar-refractivity contribution in [2.24, 2.45) is 0 Å². The topological polar surface area (TPSA) is 70.7 Å². The van der Waals surface area contributed by atoms with Crippen molar-refractivity contribution in [3.05, 3.63) is 40.6 Å². The van der Waals surface area contributed by atoms with Gasteiger partial charge in [-0.1, -0.05) is 28.1 Å². The molecule has 0 aliphatic carbocycles. The van der Waals surface area contributed by atoms with Gasteiger partial charge in [-0.05, 0) is 24.1 Å². The van der Waals surface area contributed by atoms with Gasteiger partial charge in [0.05, 0.1) is 0 Å². The number of amides is 1. The van der Waals surface area contributed by atoms with Gasteiger partial charge in [-0.25, -0.2) is 5.10 Å². The molecule has 6 heteroatoms. The number of benzene rings is 1. The Morgan fingerprint density at radius 1 is 1.47 bits per heavy atom. The molecule has 0 aliphatic heterocycles. The molecule has 17 heavy (non-hydrogen) atoms. The van der Waals surface area contributed by atoms with Crippen molar-refractivity contribution < 1.29 is 4.79 Å². The lowest BCUT2D eigenvalue weighted by Gasteiger charge is -2.02. The molecule has 1 heterocycles. The van der Waals surface area contributed by atoms with Crippen LogP contribution in [0.2, 0.25) is 0 Å². The molecule has 2 N–H and O–H groups in total. The molecule has 1 aromatic heterocycles. The quantitative estimate of drug-likeness (QED) is 0.907. The van der Waals surface area contributed by atoms with Gasteiger partial charge in [0.15, 0.2) is 0 Å². The zero-order valence-corrected chi connectivity index (χ0v) is 10.6. The van der Waals surface area contributed by atoms with Crippen LogP contribution in [-0.2, 0) is 11.2 Å². The summed E-state index contributed by atoms with van der Waals surface area (Å²) < 4.78 is 1.02. The monoisotopic (exact) mass is 294 g/mol. The lowest BCUT2D eigenvalue weighted by Crippen LogP contribution is -2.13. The Kier molecular flexibility index (Phi) is 3.87. The fraction of sp³-hybridized carbons (Fsp3) is 0.182. The van der Waals surface area contributed by atoms with E-state index in [2.05, 4.69) is 36.4 Å². The molecule has 0 fully saturated rings. The van der Waals surface area contributed by atoms with Gasteiger partial charge in [0.2, 0.25) is 11.9 Å². The minimum atomic E-state index is -0.0817. The molecule has 0 radical (unpaired) electrons. The maximum atomic E-state index is 11.6. The minimum Gasteiger partial charge on any atom is -0.295 e. The molecule has 5 nitrogen and oxygen atoms in total. The van der Waals surface area contributed by atoms with Gasteiger partial charge < -0.3 is 0 Å². The number of nitrogens with zero attached hydrogens (tertiary/aromatic N) is 2. The Labute approximate surface area is 107 Å². The number of rotatable bonds is 4. The maximum absolute atomic E-state index is 11.6. The first-order valence-electron chi connectivity index (χ1n) is 5.14. The predicted octanol–water partition coefficient (Wildman–Crippen LogP) is 2.14. The summed E-state index contributed by atoms with van der Waals surface area (Å²) in [5, 5.41) is 8.85. The first kappa shape index (κ1) is 11.8. The minimum absolute atomic E-state index is 0.0817. The highest BCUT2D eigenvalue weighted by molar-refractivity contribution is 9.10.